The van der Waals surface area contributed by atoms with E-state index >= 15 is 0 Å². The van der Waals surface area contributed by atoms with E-state index in [-0.39, 0.29) is 42.7 Å². The maximum absolute atomic E-state index is 13.1. The van der Waals surface area contributed by atoms with E-state index in [9.17, 15) is 27.3 Å². The molecule has 9 nitrogen and oxygen atoms in total. The van der Waals surface area contributed by atoms with Crippen molar-refractivity contribution in [1.82, 2.24) is 9.71 Å². The molecule has 4 rings (SSSR count). The molecule has 0 atom stereocenters. The van der Waals surface area contributed by atoms with E-state index in [1.807, 2.05) is 4.90 Å². The zero-order valence-electron chi connectivity index (χ0n) is 21.0. The monoisotopic (exact) mass is 576 g/mol. The van der Waals surface area contributed by atoms with Crippen LogP contribution < -0.4 is 14.4 Å². The van der Waals surface area contributed by atoms with Crippen LogP contribution in [0.25, 0.3) is 0 Å². The van der Waals surface area contributed by atoms with Gasteiger partial charge in [0, 0.05) is 24.3 Å². The third kappa shape index (κ3) is 7.72. The van der Waals surface area contributed by atoms with Crippen molar-refractivity contribution in [3.8, 4) is 11.8 Å². The van der Waals surface area contributed by atoms with Crippen molar-refractivity contribution >= 4 is 38.1 Å². The van der Waals surface area contributed by atoms with Crippen LogP contribution in [0.2, 0.25) is 0 Å². The van der Waals surface area contributed by atoms with Gasteiger partial charge in [0.15, 0.2) is 5.13 Å². The molecule has 0 saturated heterocycles. The quantitative estimate of drug-likeness (QED) is 0.285. The number of aromatic nitrogens is 1. The molecule has 0 spiro atoms. The van der Waals surface area contributed by atoms with Crippen LogP contribution in [0.5, 0.6) is 5.75 Å². The molecule has 1 aliphatic carbocycles. The van der Waals surface area contributed by atoms with Gasteiger partial charge in [-0.1, -0.05) is 12.1 Å². The lowest BCUT2D eigenvalue weighted by atomic mass is 10.1. The Morgan fingerprint density at radius 3 is 2.49 bits per heavy atom. The summed E-state index contributed by atoms with van der Waals surface area (Å²) in [6.45, 7) is -2.43. The second-order valence-corrected chi connectivity index (χ2v) is 11.7. The van der Waals surface area contributed by atoms with E-state index in [1.54, 1.807) is 36.4 Å². The second kappa shape index (κ2) is 12.5. The highest BCUT2D eigenvalue weighted by molar-refractivity contribution is 7.90. The Morgan fingerprint density at radius 1 is 1.21 bits per heavy atom. The summed E-state index contributed by atoms with van der Waals surface area (Å²) in [4.78, 5) is 20.2. The molecule has 2 aromatic carbocycles. The number of nitriles is 1. The van der Waals surface area contributed by atoms with Crippen molar-refractivity contribution in [2.24, 2.45) is 0 Å². The maximum atomic E-state index is 13.1. The molecule has 0 bridgehead atoms. The average molecular weight is 577 g/mol. The number of alkyl halides is 2. The summed E-state index contributed by atoms with van der Waals surface area (Å²) in [7, 11) is -2.41. The van der Waals surface area contributed by atoms with Gasteiger partial charge in [-0.25, -0.2) is 18.1 Å². The van der Waals surface area contributed by atoms with Crippen LogP contribution in [0.15, 0.2) is 48.5 Å². The molecule has 1 fully saturated rings. The number of anilines is 2. The molecule has 13 heteroatoms. The Labute approximate surface area is 229 Å². The van der Waals surface area contributed by atoms with E-state index in [4.69, 9.17) is 4.74 Å². The smallest absolute Gasteiger partial charge is 0.387 e. The lowest BCUT2D eigenvalue weighted by Crippen LogP contribution is -2.33. The molecule has 0 unspecified atom stereocenters. The number of methoxy groups -OCH3 is 1. The summed E-state index contributed by atoms with van der Waals surface area (Å²) in [5.41, 5.74) is 1.95. The van der Waals surface area contributed by atoms with Crippen LogP contribution in [0, 0.1) is 11.3 Å². The minimum atomic E-state index is -3.88. The predicted octanol–water partition coefficient (Wildman–Crippen LogP) is 4.93. The molecule has 1 N–H and O–H groups in total. The lowest BCUT2D eigenvalue weighted by molar-refractivity contribution is -0.0498. The van der Waals surface area contributed by atoms with Crippen molar-refractivity contribution < 1.29 is 31.5 Å². The van der Waals surface area contributed by atoms with Crippen molar-refractivity contribution in [2.45, 2.75) is 38.3 Å². The number of nitrogens with zero attached hydrogens (tertiary/aromatic N) is 3. The van der Waals surface area contributed by atoms with Crippen molar-refractivity contribution in [1.29, 1.82) is 5.26 Å². The Morgan fingerprint density at radius 2 is 1.90 bits per heavy atom. The first kappa shape index (κ1) is 28.4. The number of rotatable bonds is 13. The van der Waals surface area contributed by atoms with E-state index in [0.717, 1.165) is 18.4 Å². The third-order valence-electron chi connectivity index (χ3n) is 5.84. The summed E-state index contributed by atoms with van der Waals surface area (Å²) in [6.07, 6.45) is 1.97. The lowest BCUT2D eigenvalue weighted by Gasteiger charge is -2.22. The molecule has 1 amide bonds. The number of hydrogen-bond acceptors (Lipinski definition) is 9. The van der Waals surface area contributed by atoms with Crippen LogP contribution in [0.1, 0.15) is 51.7 Å². The molecule has 1 aliphatic rings. The largest absolute Gasteiger partial charge is 0.435 e. The standard InChI is InChI=1S/C26H26F2N4O5S2/c1-36-13-2-14-39(34,35)31-24(33)22-23(19-7-8-19)38-26(30-22)32(20-9-3-17(15-29)4-10-20)16-18-5-11-21(12-6-18)37-25(27)28/h3-6,9-12,19,25H,2,7-8,13-14,16H2,1H3,(H,31,33). The zero-order chi connectivity index (χ0) is 28.0. The number of thiazole rings is 1. The highest BCUT2D eigenvalue weighted by Gasteiger charge is 2.34. The number of halogens is 2. The van der Waals surface area contributed by atoms with Gasteiger partial charge in [0.05, 0.1) is 23.9 Å². The number of hydrogen-bond donors (Lipinski definition) is 1. The normalized spacial score (nSPS) is 13.2. The summed E-state index contributed by atoms with van der Waals surface area (Å²) < 4.78 is 61.4. The van der Waals surface area contributed by atoms with Crippen LogP contribution in [-0.2, 0) is 21.3 Å². The first-order chi connectivity index (χ1) is 18.7. The fourth-order valence-electron chi connectivity index (χ4n) is 3.80. The highest BCUT2D eigenvalue weighted by Crippen LogP contribution is 2.47. The van der Waals surface area contributed by atoms with E-state index in [0.29, 0.717) is 21.3 Å². The summed E-state index contributed by atoms with van der Waals surface area (Å²) >= 11 is 1.30. The molecule has 1 heterocycles. The van der Waals surface area contributed by atoms with Gasteiger partial charge in [0.2, 0.25) is 10.0 Å². The van der Waals surface area contributed by atoms with Gasteiger partial charge in [0.1, 0.15) is 11.4 Å². The van der Waals surface area contributed by atoms with Gasteiger partial charge in [-0.3, -0.25) is 4.79 Å². The number of carbonyl (C=O) groups is 1. The molecule has 1 aromatic heterocycles. The minimum Gasteiger partial charge on any atom is -0.435 e. The van der Waals surface area contributed by atoms with Crippen LogP contribution in [0.3, 0.4) is 0 Å². The molecule has 1 saturated carbocycles. The Hall–Kier alpha value is -3.60. The number of ether oxygens (including phenoxy) is 2. The molecule has 0 aliphatic heterocycles. The van der Waals surface area contributed by atoms with Gasteiger partial charge in [-0.15, -0.1) is 11.3 Å². The van der Waals surface area contributed by atoms with Crippen LogP contribution in [0.4, 0.5) is 19.6 Å². The maximum Gasteiger partial charge on any atom is 0.387 e. The summed E-state index contributed by atoms with van der Waals surface area (Å²) in [6, 6.07) is 15.0. The SMILES string of the molecule is COCCCS(=O)(=O)NC(=O)c1nc(N(Cc2ccc(OC(F)F)cc2)c2ccc(C#N)cc2)sc1C1CC1. The van der Waals surface area contributed by atoms with Crippen molar-refractivity contribution in [3.05, 3.63) is 70.2 Å². The molecular weight excluding hydrogens is 550 g/mol. The number of amides is 1. The van der Waals surface area contributed by atoms with E-state index < -0.39 is 22.5 Å². The summed E-state index contributed by atoms with van der Waals surface area (Å²) in [5.74, 6) is -0.910. The number of carbonyl (C=O) groups excluding carboxylic acids is 1. The van der Waals surface area contributed by atoms with Crippen LogP contribution >= 0.6 is 11.3 Å². The fraction of sp³-hybridized carbons (Fsp3) is 0.346. The van der Waals surface area contributed by atoms with E-state index in [1.165, 1.54) is 30.6 Å². The predicted molar refractivity (Wildman–Crippen MR) is 142 cm³/mol. The van der Waals surface area contributed by atoms with E-state index in [2.05, 4.69) is 20.5 Å². The first-order valence-electron chi connectivity index (χ1n) is 12.0. The van der Waals surface area contributed by atoms with Crippen molar-refractivity contribution in [2.75, 3.05) is 24.4 Å². The van der Waals surface area contributed by atoms with Crippen LogP contribution in [-0.4, -0.2) is 45.4 Å². The molecule has 206 valence electrons. The molecule has 0 radical (unpaired) electrons. The topological polar surface area (TPSA) is 122 Å². The average Bonchev–Trinajstić information content (AvgIpc) is 3.66. The fourth-order valence-corrected chi connectivity index (χ4v) is 6.03. The van der Waals surface area contributed by atoms with Gasteiger partial charge in [0.25, 0.3) is 5.91 Å². The number of benzene rings is 2. The van der Waals surface area contributed by atoms with Gasteiger partial charge >= 0.3 is 6.61 Å². The third-order valence-corrected chi connectivity index (χ3v) is 8.41. The highest BCUT2D eigenvalue weighted by atomic mass is 32.2. The Bertz CT molecular complexity index is 1430. The Kier molecular flexibility index (Phi) is 9.11. The van der Waals surface area contributed by atoms with Gasteiger partial charge in [-0.05, 0) is 67.1 Å². The summed E-state index contributed by atoms with van der Waals surface area (Å²) in [5, 5.41) is 9.65. The Balaban J connectivity index is 1.65. The molecule has 3 aromatic rings. The van der Waals surface area contributed by atoms with Gasteiger partial charge in [-0.2, -0.15) is 14.0 Å². The zero-order valence-corrected chi connectivity index (χ0v) is 22.6. The van der Waals surface area contributed by atoms with Gasteiger partial charge < -0.3 is 14.4 Å². The molecular formula is C26H26F2N4O5S2. The first-order valence-corrected chi connectivity index (χ1v) is 14.5. The number of nitrogens with one attached hydrogen (secondary N) is 1. The van der Waals surface area contributed by atoms with Crippen molar-refractivity contribution in [3.63, 3.8) is 0 Å². The molecule has 39 heavy (non-hydrogen) atoms. The minimum absolute atomic E-state index is 0.0228. The number of sulfonamides is 1. The second-order valence-electron chi connectivity index (χ2n) is 8.85.